The van der Waals surface area contributed by atoms with E-state index in [4.69, 9.17) is 0 Å². The van der Waals surface area contributed by atoms with Gasteiger partial charge in [-0.05, 0) is 19.0 Å². The van der Waals surface area contributed by atoms with Crippen molar-refractivity contribution in [2.75, 3.05) is 19.6 Å². The van der Waals surface area contributed by atoms with Crippen LogP contribution in [0.25, 0.3) is 0 Å². The molecule has 2 N–H and O–H groups in total. The number of amides is 1. The molecule has 0 spiro atoms. The monoisotopic (exact) mass is 210 g/mol. The van der Waals surface area contributed by atoms with Gasteiger partial charge in [-0.3, -0.25) is 9.48 Å². The van der Waals surface area contributed by atoms with Gasteiger partial charge in [0.05, 0.1) is 0 Å². The maximum atomic E-state index is 11.3. The lowest BCUT2D eigenvalue weighted by Gasteiger charge is -2.05. The van der Waals surface area contributed by atoms with Gasteiger partial charge >= 0.3 is 0 Å². The van der Waals surface area contributed by atoms with Crippen molar-refractivity contribution in [3.05, 3.63) is 18.5 Å². The van der Waals surface area contributed by atoms with E-state index in [0.717, 1.165) is 19.5 Å². The predicted molar refractivity (Wildman–Crippen MR) is 58.4 cm³/mol. The van der Waals surface area contributed by atoms with Crippen molar-refractivity contribution >= 4 is 5.91 Å². The first-order valence-electron chi connectivity index (χ1n) is 5.27. The summed E-state index contributed by atoms with van der Waals surface area (Å²) in [5.74, 6) is -0.00278. The summed E-state index contributed by atoms with van der Waals surface area (Å²) >= 11 is 0. The first-order valence-corrected chi connectivity index (χ1v) is 5.27. The Bertz CT molecular complexity index is 271. The first-order chi connectivity index (χ1) is 7.33. The van der Waals surface area contributed by atoms with Crippen LogP contribution < -0.4 is 10.6 Å². The molecular formula is C10H18N4O. The van der Waals surface area contributed by atoms with Gasteiger partial charge in [-0.2, -0.15) is 5.10 Å². The Hall–Kier alpha value is -1.36. The third-order valence-corrected chi connectivity index (χ3v) is 1.92. The third-order valence-electron chi connectivity index (χ3n) is 1.92. The second-order valence-electron chi connectivity index (χ2n) is 3.30. The number of hydrogen-bond donors (Lipinski definition) is 2. The Morgan fingerprint density at radius 1 is 1.40 bits per heavy atom. The molecule has 0 bridgehead atoms. The Labute approximate surface area is 89.9 Å². The van der Waals surface area contributed by atoms with Gasteiger partial charge in [0.15, 0.2) is 0 Å². The van der Waals surface area contributed by atoms with Crippen molar-refractivity contribution in [1.29, 1.82) is 0 Å². The molecule has 1 amide bonds. The summed E-state index contributed by atoms with van der Waals surface area (Å²) in [5, 5.41) is 9.98. The zero-order valence-corrected chi connectivity index (χ0v) is 9.07. The molecule has 0 aromatic carbocycles. The number of hydrogen-bond acceptors (Lipinski definition) is 3. The Morgan fingerprint density at radius 3 is 2.93 bits per heavy atom. The molecule has 1 aromatic rings. The molecular weight excluding hydrogens is 192 g/mol. The highest BCUT2D eigenvalue weighted by Gasteiger charge is 2.00. The highest BCUT2D eigenvalue weighted by atomic mass is 16.2. The van der Waals surface area contributed by atoms with E-state index in [1.54, 1.807) is 23.1 Å². The molecule has 0 fully saturated rings. The number of carbonyl (C=O) groups is 1. The normalized spacial score (nSPS) is 10.2. The van der Waals surface area contributed by atoms with Crippen LogP contribution in [0.2, 0.25) is 0 Å². The molecule has 1 rings (SSSR count). The predicted octanol–water partition coefficient (Wildman–Crippen LogP) is -0.00110. The minimum atomic E-state index is -0.00278. The molecule has 0 atom stereocenters. The smallest absolute Gasteiger partial charge is 0.241 e. The summed E-state index contributed by atoms with van der Waals surface area (Å²) in [5.41, 5.74) is 0. The summed E-state index contributed by atoms with van der Waals surface area (Å²) < 4.78 is 1.61. The topological polar surface area (TPSA) is 58.9 Å². The second kappa shape index (κ2) is 7.00. The summed E-state index contributed by atoms with van der Waals surface area (Å²) in [6.07, 6.45) is 4.55. The molecule has 0 saturated carbocycles. The molecule has 1 heterocycles. The maximum absolute atomic E-state index is 11.3. The Morgan fingerprint density at radius 2 is 2.27 bits per heavy atom. The zero-order valence-electron chi connectivity index (χ0n) is 9.07. The number of nitrogens with one attached hydrogen (secondary N) is 2. The molecule has 0 aliphatic rings. The quantitative estimate of drug-likeness (QED) is 0.623. The average molecular weight is 210 g/mol. The molecule has 5 nitrogen and oxygen atoms in total. The summed E-state index contributed by atoms with van der Waals surface area (Å²) in [7, 11) is 0. The van der Waals surface area contributed by atoms with Gasteiger partial charge in [-0.25, -0.2) is 0 Å². The van der Waals surface area contributed by atoms with Gasteiger partial charge in [0, 0.05) is 25.5 Å². The molecule has 84 valence electrons. The Balaban J connectivity index is 2.04. The highest BCUT2D eigenvalue weighted by Crippen LogP contribution is 1.83. The molecule has 0 saturated heterocycles. The fraction of sp³-hybridized carbons (Fsp3) is 0.600. The summed E-state index contributed by atoms with van der Waals surface area (Å²) in [6, 6.07) is 1.80. The average Bonchev–Trinajstić information content (AvgIpc) is 2.70. The third kappa shape index (κ3) is 5.17. The molecule has 0 aliphatic carbocycles. The molecule has 0 radical (unpaired) electrons. The number of nitrogens with zero attached hydrogens (tertiary/aromatic N) is 2. The van der Waals surface area contributed by atoms with Crippen LogP contribution in [-0.4, -0.2) is 35.3 Å². The van der Waals surface area contributed by atoms with Gasteiger partial charge in [-0.15, -0.1) is 0 Å². The van der Waals surface area contributed by atoms with E-state index in [0.29, 0.717) is 13.1 Å². The van der Waals surface area contributed by atoms with Crippen molar-refractivity contribution < 1.29 is 4.79 Å². The SMILES string of the molecule is CCCNCCNC(=O)Cn1cccn1. The summed E-state index contributed by atoms with van der Waals surface area (Å²) in [4.78, 5) is 11.3. The zero-order chi connectivity index (χ0) is 10.9. The van der Waals surface area contributed by atoms with Crippen molar-refractivity contribution in [3.63, 3.8) is 0 Å². The van der Waals surface area contributed by atoms with Crippen molar-refractivity contribution in [2.45, 2.75) is 19.9 Å². The van der Waals surface area contributed by atoms with Crippen molar-refractivity contribution in [2.24, 2.45) is 0 Å². The van der Waals surface area contributed by atoms with E-state index in [1.807, 2.05) is 0 Å². The lowest BCUT2D eigenvalue weighted by Crippen LogP contribution is -2.34. The fourth-order valence-corrected chi connectivity index (χ4v) is 1.19. The number of aromatic nitrogens is 2. The van der Waals surface area contributed by atoms with Gasteiger partial charge in [0.2, 0.25) is 5.91 Å². The fourth-order valence-electron chi connectivity index (χ4n) is 1.19. The van der Waals surface area contributed by atoms with Crippen LogP contribution in [0.1, 0.15) is 13.3 Å². The van der Waals surface area contributed by atoms with Crippen LogP contribution in [0.5, 0.6) is 0 Å². The van der Waals surface area contributed by atoms with Crippen LogP contribution in [0, 0.1) is 0 Å². The van der Waals surface area contributed by atoms with Crippen LogP contribution in [0.4, 0.5) is 0 Å². The van der Waals surface area contributed by atoms with E-state index in [2.05, 4.69) is 22.7 Å². The minimum absolute atomic E-state index is 0.00278. The van der Waals surface area contributed by atoms with Gasteiger partial charge < -0.3 is 10.6 Å². The lowest BCUT2D eigenvalue weighted by molar-refractivity contribution is -0.121. The largest absolute Gasteiger partial charge is 0.353 e. The van der Waals surface area contributed by atoms with Crippen molar-refractivity contribution in [3.8, 4) is 0 Å². The van der Waals surface area contributed by atoms with E-state index in [-0.39, 0.29) is 5.91 Å². The summed E-state index contributed by atoms with van der Waals surface area (Å²) in [6.45, 7) is 4.89. The van der Waals surface area contributed by atoms with E-state index in [9.17, 15) is 4.79 Å². The lowest BCUT2D eigenvalue weighted by atomic mass is 10.4. The van der Waals surface area contributed by atoms with Crippen LogP contribution >= 0.6 is 0 Å². The van der Waals surface area contributed by atoms with Crippen LogP contribution in [-0.2, 0) is 11.3 Å². The molecule has 0 aliphatic heterocycles. The number of carbonyl (C=O) groups excluding carboxylic acids is 1. The standard InChI is InChI=1S/C10H18N4O/c1-2-4-11-6-7-12-10(15)9-14-8-3-5-13-14/h3,5,8,11H,2,4,6-7,9H2,1H3,(H,12,15). The number of rotatable bonds is 7. The van der Waals surface area contributed by atoms with Crippen LogP contribution in [0.15, 0.2) is 18.5 Å². The molecule has 15 heavy (non-hydrogen) atoms. The second-order valence-corrected chi connectivity index (χ2v) is 3.30. The molecule has 5 heteroatoms. The van der Waals surface area contributed by atoms with E-state index in [1.165, 1.54) is 0 Å². The van der Waals surface area contributed by atoms with Gasteiger partial charge in [0.25, 0.3) is 0 Å². The van der Waals surface area contributed by atoms with E-state index < -0.39 is 0 Å². The van der Waals surface area contributed by atoms with Gasteiger partial charge in [0.1, 0.15) is 6.54 Å². The van der Waals surface area contributed by atoms with Crippen LogP contribution in [0.3, 0.4) is 0 Å². The van der Waals surface area contributed by atoms with Gasteiger partial charge in [-0.1, -0.05) is 6.92 Å². The maximum Gasteiger partial charge on any atom is 0.241 e. The molecule has 0 unspecified atom stereocenters. The molecule has 1 aromatic heterocycles. The van der Waals surface area contributed by atoms with Crippen molar-refractivity contribution in [1.82, 2.24) is 20.4 Å². The Kier molecular flexibility index (Phi) is 5.47. The van der Waals surface area contributed by atoms with E-state index >= 15 is 0 Å². The highest BCUT2D eigenvalue weighted by molar-refractivity contribution is 5.75. The minimum Gasteiger partial charge on any atom is -0.353 e. The first kappa shape index (κ1) is 11.7.